The van der Waals surface area contributed by atoms with Crippen LogP contribution in [0.25, 0.3) is 0 Å². The molecule has 0 saturated heterocycles. The molecule has 0 fully saturated rings. The van der Waals surface area contributed by atoms with Crippen molar-refractivity contribution in [2.45, 2.75) is 46.5 Å². The van der Waals surface area contributed by atoms with E-state index in [9.17, 15) is 0 Å². The molecule has 0 saturated carbocycles. The second-order valence-electron chi connectivity index (χ2n) is 5.57. The molecule has 1 aliphatic rings. The first-order chi connectivity index (χ1) is 10.2. The summed E-state index contributed by atoms with van der Waals surface area (Å²) in [6.45, 7) is 10.9. The summed E-state index contributed by atoms with van der Waals surface area (Å²) in [5.74, 6) is 2.55. The normalized spacial score (nSPS) is 14.4. The van der Waals surface area contributed by atoms with Crippen molar-refractivity contribution in [3.8, 4) is 11.5 Å². The standard InChI is InChI=1S/C18H20O.C2H6/c1-4-18(13(2)3)14-9-5-7-11-16(14)19-17-12-8-6-10-15(17)18;1-2/h5-13H,4H2,1-3H3;1-2H3. The summed E-state index contributed by atoms with van der Waals surface area (Å²) in [5.41, 5.74) is 2.71. The largest absolute Gasteiger partial charge is 0.457 e. The van der Waals surface area contributed by atoms with E-state index in [1.165, 1.54) is 11.1 Å². The van der Waals surface area contributed by atoms with E-state index in [1.807, 2.05) is 26.0 Å². The summed E-state index contributed by atoms with van der Waals surface area (Å²) in [6, 6.07) is 16.9. The molecule has 1 nitrogen and oxygen atoms in total. The minimum absolute atomic E-state index is 0.0609. The van der Waals surface area contributed by atoms with Gasteiger partial charge in [-0.1, -0.05) is 71.0 Å². The summed E-state index contributed by atoms with van der Waals surface area (Å²) < 4.78 is 6.08. The molecule has 0 spiro atoms. The SMILES string of the molecule is CC.CCC1(C(C)C)c2ccccc2Oc2ccccc21. The molecule has 0 atom stereocenters. The van der Waals surface area contributed by atoms with Crippen molar-refractivity contribution in [3.05, 3.63) is 59.7 Å². The highest BCUT2D eigenvalue weighted by atomic mass is 16.5. The Morgan fingerprint density at radius 1 is 0.857 bits per heavy atom. The van der Waals surface area contributed by atoms with Gasteiger partial charge in [0.1, 0.15) is 11.5 Å². The Morgan fingerprint density at radius 2 is 1.29 bits per heavy atom. The summed E-state index contributed by atoms with van der Waals surface area (Å²) in [7, 11) is 0. The van der Waals surface area contributed by atoms with E-state index in [0.717, 1.165) is 17.9 Å². The van der Waals surface area contributed by atoms with Crippen molar-refractivity contribution < 1.29 is 4.74 Å². The van der Waals surface area contributed by atoms with Crippen molar-refractivity contribution in [1.82, 2.24) is 0 Å². The summed E-state index contributed by atoms with van der Waals surface area (Å²) in [4.78, 5) is 0. The molecule has 1 heterocycles. The minimum Gasteiger partial charge on any atom is -0.457 e. The van der Waals surface area contributed by atoms with Gasteiger partial charge >= 0.3 is 0 Å². The van der Waals surface area contributed by atoms with Gasteiger partial charge in [-0.25, -0.2) is 0 Å². The van der Waals surface area contributed by atoms with Crippen LogP contribution in [-0.4, -0.2) is 0 Å². The molecular formula is C20H26O. The van der Waals surface area contributed by atoms with Gasteiger partial charge in [-0.15, -0.1) is 0 Å². The topological polar surface area (TPSA) is 9.23 Å². The summed E-state index contributed by atoms with van der Waals surface area (Å²) in [6.07, 6.45) is 1.09. The third-order valence-electron chi connectivity index (χ3n) is 4.50. The Labute approximate surface area is 129 Å². The lowest BCUT2D eigenvalue weighted by Crippen LogP contribution is -2.36. The Hall–Kier alpha value is -1.76. The Bertz CT molecular complexity index is 553. The maximum absolute atomic E-state index is 6.08. The molecule has 1 heteroatoms. The summed E-state index contributed by atoms with van der Waals surface area (Å²) >= 11 is 0. The highest BCUT2D eigenvalue weighted by molar-refractivity contribution is 5.57. The van der Waals surface area contributed by atoms with Crippen LogP contribution in [0.1, 0.15) is 52.2 Å². The van der Waals surface area contributed by atoms with E-state index in [4.69, 9.17) is 4.74 Å². The number of fused-ring (bicyclic) bond motifs is 2. The third kappa shape index (κ3) is 2.35. The molecule has 112 valence electrons. The first-order valence-corrected chi connectivity index (χ1v) is 8.07. The molecule has 21 heavy (non-hydrogen) atoms. The van der Waals surface area contributed by atoms with Gasteiger partial charge in [-0.05, 0) is 24.5 Å². The Morgan fingerprint density at radius 3 is 1.67 bits per heavy atom. The van der Waals surface area contributed by atoms with E-state index in [1.54, 1.807) is 0 Å². The first-order valence-electron chi connectivity index (χ1n) is 8.07. The minimum atomic E-state index is 0.0609. The van der Waals surface area contributed by atoms with E-state index in [2.05, 4.69) is 57.2 Å². The summed E-state index contributed by atoms with van der Waals surface area (Å²) in [5, 5.41) is 0. The molecule has 0 aliphatic carbocycles. The van der Waals surface area contributed by atoms with Gasteiger partial charge in [0.25, 0.3) is 0 Å². The lowest BCUT2D eigenvalue weighted by atomic mass is 9.64. The molecule has 2 aromatic carbocycles. The molecule has 1 aliphatic heterocycles. The average molecular weight is 282 g/mol. The van der Waals surface area contributed by atoms with E-state index in [-0.39, 0.29) is 5.41 Å². The predicted octanol–water partition coefficient (Wildman–Crippen LogP) is 6.17. The second kappa shape index (κ2) is 6.34. The molecule has 0 bridgehead atoms. The molecule has 0 amide bonds. The van der Waals surface area contributed by atoms with Crippen LogP contribution in [0.5, 0.6) is 11.5 Å². The molecule has 2 aromatic rings. The zero-order valence-electron chi connectivity index (χ0n) is 13.8. The number of benzene rings is 2. The fourth-order valence-corrected chi connectivity index (χ4v) is 3.52. The van der Waals surface area contributed by atoms with Crippen LogP contribution in [-0.2, 0) is 5.41 Å². The Kier molecular flexibility index (Phi) is 4.72. The number of hydrogen-bond donors (Lipinski definition) is 0. The lowest BCUT2D eigenvalue weighted by molar-refractivity contribution is 0.309. The molecule has 0 aromatic heterocycles. The van der Waals surface area contributed by atoms with Crippen molar-refractivity contribution >= 4 is 0 Å². The van der Waals surface area contributed by atoms with Crippen molar-refractivity contribution in [2.24, 2.45) is 5.92 Å². The van der Waals surface area contributed by atoms with Gasteiger partial charge in [0.2, 0.25) is 0 Å². The second-order valence-corrected chi connectivity index (χ2v) is 5.57. The highest BCUT2D eigenvalue weighted by Crippen LogP contribution is 2.53. The fourth-order valence-electron chi connectivity index (χ4n) is 3.52. The Balaban J connectivity index is 0.000000774. The van der Waals surface area contributed by atoms with E-state index in [0.29, 0.717) is 5.92 Å². The maximum Gasteiger partial charge on any atom is 0.131 e. The maximum atomic E-state index is 6.08. The van der Waals surface area contributed by atoms with Crippen molar-refractivity contribution in [3.63, 3.8) is 0 Å². The number of rotatable bonds is 2. The average Bonchev–Trinajstić information content (AvgIpc) is 2.54. The van der Waals surface area contributed by atoms with Crippen LogP contribution in [0.2, 0.25) is 0 Å². The molecular weight excluding hydrogens is 256 g/mol. The zero-order valence-corrected chi connectivity index (χ0v) is 13.8. The van der Waals surface area contributed by atoms with Gasteiger partial charge < -0.3 is 4.74 Å². The molecule has 0 N–H and O–H groups in total. The zero-order chi connectivity index (χ0) is 15.5. The fraction of sp³-hybridized carbons (Fsp3) is 0.400. The van der Waals surface area contributed by atoms with Crippen LogP contribution >= 0.6 is 0 Å². The number of para-hydroxylation sites is 2. The number of hydrogen-bond acceptors (Lipinski definition) is 1. The van der Waals surface area contributed by atoms with Crippen molar-refractivity contribution in [2.75, 3.05) is 0 Å². The third-order valence-corrected chi connectivity index (χ3v) is 4.50. The van der Waals surface area contributed by atoms with Crippen LogP contribution in [0.4, 0.5) is 0 Å². The quantitative estimate of drug-likeness (QED) is 0.640. The highest BCUT2D eigenvalue weighted by Gasteiger charge is 2.42. The number of ether oxygens (including phenoxy) is 1. The van der Waals surface area contributed by atoms with Crippen molar-refractivity contribution in [1.29, 1.82) is 0 Å². The van der Waals surface area contributed by atoms with Gasteiger partial charge in [0, 0.05) is 16.5 Å². The monoisotopic (exact) mass is 282 g/mol. The first kappa shape index (κ1) is 15.6. The molecule has 0 radical (unpaired) electrons. The molecule has 0 unspecified atom stereocenters. The smallest absolute Gasteiger partial charge is 0.131 e. The van der Waals surface area contributed by atoms with Crippen LogP contribution < -0.4 is 4.74 Å². The van der Waals surface area contributed by atoms with Crippen LogP contribution in [0.15, 0.2) is 48.5 Å². The van der Waals surface area contributed by atoms with Gasteiger partial charge in [0.15, 0.2) is 0 Å². The predicted molar refractivity (Wildman–Crippen MR) is 90.2 cm³/mol. The van der Waals surface area contributed by atoms with Gasteiger partial charge in [-0.2, -0.15) is 0 Å². The van der Waals surface area contributed by atoms with Gasteiger partial charge in [0.05, 0.1) is 0 Å². The van der Waals surface area contributed by atoms with Crippen LogP contribution in [0, 0.1) is 5.92 Å². The van der Waals surface area contributed by atoms with Crippen LogP contribution in [0.3, 0.4) is 0 Å². The van der Waals surface area contributed by atoms with E-state index < -0.39 is 0 Å². The lowest BCUT2D eigenvalue weighted by Gasteiger charge is -2.43. The van der Waals surface area contributed by atoms with Gasteiger partial charge in [-0.3, -0.25) is 0 Å². The van der Waals surface area contributed by atoms with E-state index >= 15 is 0 Å². The molecule has 3 rings (SSSR count).